The molecular formula is C10H14F3N3O2. The maximum Gasteiger partial charge on any atom is 0.411 e. The van der Waals surface area contributed by atoms with Gasteiger partial charge in [-0.2, -0.15) is 18.3 Å². The number of carbonyl (C=O) groups excluding carboxylic acids is 1. The molecule has 0 radical (unpaired) electrons. The summed E-state index contributed by atoms with van der Waals surface area (Å²) < 4.78 is 41.0. The standard InChI is InChI=1S/C10H14F3N3O2/c1-16-6-8(5-15-16)9(17)14-3-2-4-18-7-10(11,12)13/h5-6H,2-4,7H2,1H3,(H,14,17). The van der Waals surface area contributed by atoms with Gasteiger partial charge >= 0.3 is 6.18 Å². The first-order valence-corrected chi connectivity index (χ1v) is 5.30. The van der Waals surface area contributed by atoms with Gasteiger partial charge in [0.05, 0.1) is 11.8 Å². The molecule has 0 spiro atoms. The molecule has 0 saturated carbocycles. The van der Waals surface area contributed by atoms with Gasteiger partial charge in [0.2, 0.25) is 0 Å². The van der Waals surface area contributed by atoms with Gasteiger partial charge in [-0.25, -0.2) is 0 Å². The lowest BCUT2D eigenvalue weighted by Crippen LogP contribution is -2.25. The number of halogens is 3. The van der Waals surface area contributed by atoms with Crippen LogP contribution in [-0.2, 0) is 11.8 Å². The van der Waals surface area contributed by atoms with Crippen LogP contribution in [0.25, 0.3) is 0 Å². The zero-order valence-electron chi connectivity index (χ0n) is 9.83. The van der Waals surface area contributed by atoms with E-state index in [1.807, 2.05) is 0 Å². The molecule has 0 aliphatic heterocycles. The minimum absolute atomic E-state index is 0.0488. The van der Waals surface area contributed by atoms with Crippen molar-refractivity contribution in [1.82, 2.24) is 15.1 Å². The highest BCUT2D eigenvalue weighted by Gasteiger charge is 2.27. The summed E-state index contributed by atoms with van der Waals surface area (Å²) in [7, 11) is 1.68. The molecule has 0 aromatic carbocycles. The Morgan fingerprint density at radius 3 is 2.83 bits per heavy atom. The average Bonchev–Trinajstić information content (AvgIpc) is 2.68. The average molecular weight is 265 g/mol. The summed E-state index contributed by atoms with van der Waals surface area (Å²) in [5, 5.41) is 6.38. The quantitative estimate of drug-likeness (QED) is 0.784. The molecule has 1 heterocycles. The molecule has 1 amide bonds. The number of aromatic nitrogens is 2. The van der Waals surface area contributed by atoms with E-state index in [9.17, 15) is 18.0 Å². The second-order valence-corrected chi connectivity index (χ2v) is 3.68. The Labute approximate surface area is 102 Å². The number of hydrogen-bond donors (Lipinski definition) is 1. The van der Waals surface area contributed by atoms with Crippen molar-refractivity contribution in [1.29, 1.82) is 0 Å². The fourth-order valence-electron chi connectivity index (χ4n) is 1.20. The predicted octanol–water partition coefficient (Wildman–Crippen LogP) is 1.12. The van der Waals surface area contributed by atoms with Gasteiger partial charge in [0.1, 0.15) is 6.61 Å². The molecule has 1 rings (SSSR count). The number of nitrogens with zero attached hydrogens (tertiary/aromatic N) is 2. The van der Waals surface area contributed by atoms with Crippen molar-refractivity contribution in [3.05, 3.63) is 18.0 Å². The molecule has 0 aliphatic rings. The van der Waals surface area contributed by atoms with Gasteiger partial charge in [-0.05, 0) is 6.42 Å². The van der Waals surface area contributed by atoms with E-state index in [1.165, 1.54) is 10.9 Å². The van der Waals surface area contributed by atoms with Crippen molar-refractivity contribution in [2.45, 2.75) is 12.6 Å². The first kappa shape index (κ1) is 14.5. The number of ether oxygens (including phenoxy) is 1. The zero-order chi connectivity index (χ0) is 13.6. The highest BCUT2D eigenvalue weighted by Crippen LogP contribution is 2.14. The van der Waals surface area contributed by atoms with Crippen LogP contribution in [0.2, 0.25) is 0 Å². The third-order valence-electron chi connectivity index (χ3n) is 1.98. The molecule has 1 N–H and O–H groups in total. The SMILES string of the molecule is Cn1cc(C(=O)NCCCOCC(F)(F)F)cn1. The van der Waals surface area contributed by atoms with E-state index >= 15 is 0 Å². The molecule has 5 nitrogen and oxygen atoms in total. The lowest BCUT2D eigenvalue weighted by molar-refractivity contribution is -0.173. The summed E-state index contributed by atoms with van der Waals surface area (Å²) in [5.41, 5.74) is 0.411. The summed E-state index contributed by atoms with van der Waals surface area (Å²) in [4.78, 5) is 11.5. The molecule has 8 heteroatoms. The van der Waals surface area contributed by atoms with E-state index < -0.39 is 12.8 Å². The molecule has 0 aliphatic carbocycles. The van der Waals surface area contributed by atoms with Crippen LogP contribution in [0.3, 0.4) is 0 Å². The molecule has 0 unspecified atom stereocenters. The van der Waals surface area contributed by atoms with Gasteiger partial charge in [0.25, 0.3) is 5.91 Å². The van der Waals surface area contributed by atoms with Crippen molar-refractivity contribution in [3.8, 4) is 0 Å². The summed E-state index contributed by atoms with van der Waals surface area (Å²) in [6.45, 7) is -1.05. The molecule has 1 aromatic rings. The second-order valence-electron chi connectivity index (χ2n) is 3.68. The van der Waals surface area contributed by atoms with E-state index in [2.05, 4.69) is 15.2 Å². The molecule has 0 fully saturated rings. The lowest BCUT2D eigenvalue weighted by Gasteiger charge is -2.07. The summed E-state index contributed by atoms with van der Waals surface area (Å²) in [6.07, 6.45) is -1.02. The minimum atomic E-state index is -4.31. The highest BCUT2D eigenvalue weighted by molar-refractivity contribution is 5.93. The maximum atomic E-state index is 11.7. The smallest absolute Gasteiger partial charge is 0.372 e. The van der Waals surface area contributed by atoms with Crippen LogP contribution in [0.15, 0.2) is 12.4 Å². The van der Waals surface area contributed by atoms with E-state index in [4.69, 9.17) is 0 Å². The number of alkyl halides is 3. The summed E-state index contributed by atoms with van der Waals surface area (Å²) in [5.74, 6) is -0.307. The lowest BCUT2D eigenvalue weighted by atomic mass is 10.3. The Morgan fingerprint density at radius 1 is 1.56 bits per heavy atom. The Hall–Kier alpha value is -1.57. The fourth-order valence-corrected chi connectivity index (χ4v) is 1.20. The van der Waals surface area contributed by atoms with Crippen LogP contribution < -0.4 is 5.32 Å². The number of aryl methyl sites for hydroxylation is 1. The van der Waals surface area contributed by atoms with Crippen LogP contribution in [0.1, 0.15) is 16.8 Å². The van der Waals surface area contributed by atoms with Gasteiger partial charge in [0.15, 0.2) is 0 Å². The van der Waals surface area contributed by atoms with Crippen molar-refractivity contribution >= 4 is 5.91 Å². The van der Waals surface area contributed by atoms with Crippen LogP contribution in [-0.4, -0.2) is 41.6 Å². The highest BCUT2D eigenvalue weighted by atomic mass is 19.4. The largest absolute Gasteiger partial charge is 0.411 e. The van der Waals surface area contributed by atoms with Crippen molar-refractivity contribution in [2.24, 2.45) is 7.05 Å². The normalized spacial score (nSPS) is 11.6. The molecule has 18 heavy (non-hydrogen) atoms. The number of hydrogen-bond acceptors (Lipinski definition) is 3. The summed E-state index contributed by atoms with van der Waals surface area (Å²) >= 11 is 0. The Balaban J connectivity index is 2.10. The van der Waals surface area contributed by atoms with Crippen LogP contribution in [0.5, 0.6) is 0 Å². The first-order valence-electron chi connectivity index (χ1n) is 5.30. The van der Waals surface area contributed by atoms with Gasteiger partial charge < -0.3 is 10.1 Å². The topological polar surface area (TPSA) is 56.2 Å². The Morgan fingerprint density at radius 2 is 2.28 bits per heavy atom. The van der Waals surface area contributed by atoms with E-state index in [0.29, 0.717) is 12.0 Å². The van der Waals surface area contributed by atoms with Gasteiger partial charge in [-0.3, -0.25) is 9.48 Å². The molecular weight excluding hydrogens is 251 g/mol. The fraction of sp³-hybridized carbons (Fsp3) is 0.600. The number of nitrogens with one attached hydrogen (secondary N) is 1. The monoisotopic (exact) mass is 265 g/mol. The van der Waals surface area contributed by atoms with Crippen molar-refractivity contribution < 1.29 is 22.7 Å². The van der Waals surface area contributed by atoms with Crippen LogP contribution in [0.4, 0.5) is 13.2 Å². The van der Waals surface area contributed by atoms with E-state index in [0.717, 1.165) is 0 Å². The van der Waals surface area contributed by atoms with Crippen molar-refractivity contribution in [3.63, 3.8) is 0 Å². The zero-order valence-corrected chi connectivity index (χ0v) is 9.83. The maximum absolute atomic E-state index is 11.7. The molecule has 1 aromatic heterocycles. The van der Waals surface area contributed by atoms with Gasteiger partial charge in [-0.1, -0.05) is 0 Å². The molecule has 0 bridgehead atoms. The van der Waals surface area contributed by atoms with Gasteiger partial charge in [-0.15, -0.1) is 0 Å². The number of rotatable bonds is 6. The summed E-state index contributed by atoms with van der Waals surface area (Å²) in [6, 6.07) is 0. The molecule has 0 saturated heterocycles. The molecule has 0 atom stereocenters. The van der Waals surface area contributed by atoms with Crippen molar-refractivity contribution in [2.75, 3.05) is 19.8 Å². The predicted molar refractivity (Wildman–Crippen MR) is 57.0 cm³/mol. The number of carbonyl (C=O) groups is 1. The van der Waals surface area contributed by atoms with Crippen LogP contribution in [0, 0.1) is 0 Å². The third kappa shape index (κ3) is 5.67. The Kier molecular flexibility index (Phi) is 5.14. The number of amides is 1. The minimum Gasteiger partial charge on any atom is -0.372 e. The van der Waals surface area contributed by atoms with Gasteiger partial charge in [0, 0.05) is 26.4 Å². The second kappa shape index (κ2) is 6.39. The van der Waals surface area contributed by atoms with Crippen LogP contribution >= 0.6 is 0 Å². The Bertz CT molecular complexity index is 390. The first-order chi connectivity index (χ1) is 8.38. The van der Waals surface area contributed by atoms with E-state index in [1.54, 1.807) is 13.2 Å². The third-order valence-corrected chi connectivity index (χ3v) is 1.98. The van der Waals surface area contributed by atoms with E-state index in [-0.39, 0.29) is 19.1 Å². The molecule has 102 valence electrons.